The van der Waals surface area contributed by atoms with Gasteiger partial charge in [-0.25, -0.2) is 0 Å². The Morgan fingerprint density at radius 1 is 0.810 bits per heavy atom. The van der Waals surface area contributed by atoms with Gasteiger partial charge in [-0.05, 0) is 41.7 Å². The topological polar surface area (TPSA) is 0 Å². The minimum atomic E-state index is 1.14. The summed E-state index contributed by atoms with van der Waals surface area (Å²) in [7, 11) is 0. The van der Waals surface area contributed by atoms with Crippen LogP contribution in [0.3, 0.4) is 0 Å². The van der Waals surface area contributed by atoms with Crippen LogP contribution in [0.2, 0.25) is 0 Å². The van der Waals surface area contributed by atoms with E-state index in [1.165, 1.54) is 42.4 Å². The van der Waals surface area contributed by atoms with Crippen LogP contribution < -0.4 is 0 Å². The van der Waals surface area contributed by atoms with Crippen molar-refractivity contribution in [1.29, 1.82) is 0 Å². The highest BCUT2D eigenvalue weighted by Gasteiger charge is 1.95. The summed E-state index contributed by atoms with van der Waals surface area (Å²) in [5.41, 5.74) is 7.02. The molecule has 0 saturated heterocycles. The van der Waals surface area contributed by atoms with E-state index in [1.807, 2.05) is 6.07 Å². The molecule has 0 radical (unpaired) electrons. The lowest BCUT2D eigenvalue weighted by Crippen LogP contribution is -1.77. The Morgan fingerprint density at radius 2 is 1.52 bits per heavy atom. The van der Waals surface area contributed by atoms with E-state index in [1.54, 1.807) is 0 Å². The first-order chi connectivity index (χ1) is 10.4. The van der Waals surface area contributed by atoms with Gasteiger partial charge in [0, 0.05) is 0 Å². The second kappa shape index (κ2) is 9.00. The molecule has 2 rings (SSSR count). The quantitative estimate of drug-likeness (QED) is 0.400. The largest absolute Gasteiger partial charge is 0.125 e. The van der Waals surface area contributed by atoms with E-state index in [2.05, 4.69) is 73.3 Å². The molecule has 2 aromatic rings. The van der Waals surface area contributed by atoms with Crippen LogP contribution in [0.15, 0.2) is 66.4 Å². The molecule has 0 unspecified atom stereocenters. The second-order valence-corrected chi connectivity index (χ2v) is 5.35. The zero-order valence-electron chi connectivity index (χ0n) is 12.9. The summed E-state index contributed by atoms with van der Waals surface area (Å²) in [5.74, 6) is 0. The summed E-state index contributed by atoms with van der Waals surface area (Å²) in [6.07, 6.45) is 10.6. The highest BCUT2D eigenvalue weighted by atomic mass is 14.0. The van der Waals surface area contributed by atoms with Crippen molar-refractivity contribution >= 4 is 6.08 Å². The maximum Gasteiger partial charge on any atom is -0.0131 e. The van der Waals surface area contributed by atoms with E-state index in [4.69, 9.17) is 0 Å². The molecule has 0 heterocycles. The highest BCUT2D eigenvalue weighted by Crippen LogP contribution is 2.19. The number of benzene rings is 2. The van der Waals surface area contributed by atoms with Crippen LogP contribution >= 0.6 is 0 Å². The van der Waals surface area contributed by atoms with Crippen molar-refractivity contribution in [1.82, 2.24) is 0 Å². The Kier molecular flexibility index (Phi) is 6.58. The van der Waals surface area contributed by atoms with Gasteiger partial charge in [0.1, 0.15) is 0 Å². The molecule has 0 nitrogen and oxygen atoms in total. The fraction of sp³-hybridized carbons (Fsp3) is 0.286. The van der Waals surface area contributed by atoms with Gasteiger partial charge in [-0.15, -0.1) is 5.73 Å². The number of unbranched alkanes of at least 4 members (excludes halogenated alkanes) is 4. The van der Waals surface area contributed by atoms with Gasteiger partial charge in [-0.3, -0.25) is 0 Å². The van der Waals surface area contributed by atoms with Crippen molar-refractivity contribution in [3.05, 3.63) is 72.0 Å². The van der Waals surface area contributed by atoms with Crippen LogP contribution in [0.1, 0.15) is 44.6 Å². The molecular weight excluding hydrogens is 252 g/mol. The standard InChI is InChI=1S/C21H24/c1-2-3-4-5-6-7-9-12-19-15-17-21(18-16-19)20-13-10-8-11-14-20/h7-8,10-18H,2-6H2,1H3. The summed E-state index contributed by atoms with van der Waals surface area (Å²) >= 11 is 0. The SMILES string of the molecule is CCCCCCC=C=Cc1ccc(-c2ccccc2)cc1. The van der Waals surface area contributed by atoms with E-state index >= 15 is 0 Å². The van der Waals surface area contributed by atoms with E-state index in [0.717, 1.165) is 6.42 Å². The van der Waals surface area contributed by atoms with Gasteiger partial charge in [0.15, 0.2) is 0 Å². The molecule has 21 heavy (non-hydrogen) atoms. The first-order valence-corrected chi connectivity index (χ1v) is 7.96. The van der Waals surface area contributed by atoms with Crippen LogP contribution in [0.4, 0.5) is 0 Å². The summed E-state index contributed by atoms with van der Waals surface area (Å²) in [5, 5.41) is 0. The van der Waals surface area contributed by atoms with Crippen molar-refractivity contribution in [2.24, 2.45) is 0 Å². The van der Waals surface area contributed by atoms with Crippen LogP contribution in [0.25, 0.3) is 17.2 Å². The molecule has 0 fully saturated rings. The lowest BCUT2D eigenvalue weighted by molar-refractivity contribution is 0.675. The van der Waals surface area contributed by atoms with Crippen LogP contribution in [0.5, 0.6) is 0 Å². The minimum Gasteiger partial charge on any atom is -0.125 e. The molecule has 0 aliphatic heterocycles. The summed E-state index contributed by atoms with van der Waals surface area (Å²) < 4.78 is 0. The first kappa shape index (κ1) is 15.4. The zero-order valence-corrected chi connectivity index (χ0v) is 12.9. The third kappa shape index (κ3) is 5.45. The van der Waals surface area contributed by atoms with E-state index < -0.39 is 0 Å². The van der Waals surface area contributed by atoms with Gasteiger partial charge in [-0.2, -0.15) is 0 Å². The average molecular weight is 276 g/mol. The lowest BCUT2D eigenvalue weighted by atomic mass is 10.0. The summed E-state index contributed by atoms with van der Waals surface area (Å²) in [4.78, 5) is 0. The Morgan fingerprint density at radius 3 is 2.24 bits per heavy atom. The third-order valence-corrected chi connectivity index (χ3v) is 3.59. The van der Waals surface area contributed by atoms with Crippen molar-refractivity contribution in [3.8, 4) is 11.1 Å². The molecule has 0 atom stereocenters. The van der Waals surface area contributed by atoms with Gasteiger partial charge in [0.25, 0.3) is 0 Å². The lowest BCUT2D eigenvalue weighted by Gasteiger charge is -2.01. The molecule has 0 aliphatic rings. The molecular formula is C21H24. The normalized spacial score (nSPS) is 9.95. The van der Waals surface area contributed by atoms with Crippen LogP contribution in [-0.4, -0.2) is 0 Å². The molecule has 108 valence electrons. The van der Waals surface area contributed by atoms with Gasteiger partial charge >= 0.3 is 0 Å². The molecule has 0 heteroatoms. The molecule has 0 saturated carbocycles. The van der Waals surface area contributed by atoms with Gasteiger partial charge < -0.3 is 0 Å². The predicted octanol–water partition coefficient (Wildman–Crippen LogP) is 6.49. The van der Waals surface area contributed by atoms with Crippen LogP contribution in [-0.2, 0) is 0 Å². The van der Waals surface area contributed by atoms with Gasteiger partial charge in [0.2, 0.25) is 0 Å². The molecule has 0 amide bonds. The van der Waals surface area contributed by atoms with Crippen LogP contribution in [0, 0.1) is 0 Å². The Balaban J connectivity index is 1.89. The molecule has 0 aromatic heterocycles. The van der Waals surface area contributed by atoms with Crippen molar-refractivity contribution in [2.75, 3.05) is 0 Å². The predicted molar refractivity (Wildman–Crippen MR) is 93.2 cm³/mol. The summed E-state index contributed by atoms with van der Waals surface area (Å²) in [6, 6.07) is 19.1. The fourth-order valence-corrected chi connectivity index (χ4v) is 2.31. The van der Waals surface area contributed by atoms with Gasteiger partial charge in [-0.1, -0.05) is 80.8 Å². The van der Waals surface area contributed by atoms with Crippen molar-refractivity contribution < 1.29 is 0 Å². The van der Waals surface area contributed by atoms with E-state index in [9.17, 15) is 0 Å². The van der Waals surface area contributed by atoms with Crippen molar-refractivity contribution in [3.63, 3.8) is 0 Å². The third-order valence-electron chi connectivity index (χ3n) is 3.59. The number of hydrogen-bond acceptors (Lipinski definition) is 0. The number of rotatable bonds is 7. The highest BCUT2D eigenvalue weighted by molar-refractivity contribution is 5.65. The molecule has 0 bridgehead atoms. The smallest absolute Gasteiger partial charge is 0.0131 e. The maximum absolute atomic E-state index is 3.29. The summed E-state index contributed by atoms with van der Waals surface area (Å²) in [6.45, 7) is 2.24. The van der Waals surface area contributed by atoms with Gasteiger partial charge in [0.05, 0.1) is 0 Å². The Hall–Kier alpha value is -2.04. The van der Waals surface area contributed by atoms with E-state index in [-0.39, 0.29) is 0 Å². The van der Waals surface area contributed by atoms with Crippen molar-refractivity contribution in [2.45, 2.75) is 39.0 Å². The zero-order chi connectivity index (χ0) is 14.8. The Bertz CT molecular complexity index is 569. The number of allylic oxidation sites excluding steroid dienone is 1. The Labute approximate surface area is 128 Å². The molecule has 0 aliphatic carbocycles. The number of hydrogen-bond donors (Lipinski definition) is 0. The first-order valence-electron chi connectivity index (χ1n) is 7.96. The second-order valence-electron chi connectivity index (χ2n) is 5.35. The monoisotopic (exact) mass is 276 g/mol. The van der Waals surface area contributed by atoms with E-state index in [0.29, 0.717) is 0 Å². The minimum absolute atomic E-state index is 1.14. The maximum atomic E-state index is 3.29. The molecule has 2 aromatic carbocycles. The average Bonchev–Trinajstić information content (AvgIpc) is 2.55. The molecule has 0 spiro atoms. The fourth-order valence-electron chi connectivity index (χ4n) is 2.31. The molecule has 0 N–H and O–H groups in total.